The van der Waals surface area contributed by atoms with Gasteiger partial charge in [-0.05, 0) is 31.6 Å². The fourth-order valence-corrected chi connectivity index (χ4v) is 3.06. The predicted octanol–water partition coefficient (Wildman–Crippen LogP) is 1.44. The Labute approximate surface area is 144 Å². The molecule has 1 fully saturated rings. The molecule has 0 aromatic carbocycles. The third-order valence-corrected chi connectivity index (χ3v) is 4.79. The molecule has 1 aromatic rings. The van der Waals surface area contributed by atoms with Gasteiger partial charge >= 0.3 is 0 Å². The van der Waals surface area contributed by atoms with Crippen LogP contribution in [0.25, 0.3) is 0 Å². The second kappa shape index (κ2) is 8.46. The molecule has 0 atom stereocenters. The highest BCUT2D eigenvalue weighted by atomic mass is 16.5. The van der Waals surface area contributed by atoms with Crippen molar-refractivity contribution in [3.8, 4) is 0 Å². The van der Waals surface area contributed by atoms with Crippen molar-refractivity contribution in [2.24, 2.45) is 10.9 Å². The standard InChI is InChI=1S/C17H30N6O/c1-18-17(22(2)10-11-24-13-14-7-8-14)19-12-16-21-20-15-6-4-3-5-9-23(15)16/h14H,3-13H2,1-2H3,(H,18,19). The van der Waals surface area contributed by atoms with Gasteiger partial charge in [0.15, 0.2) is 11.8 Å². The van der Waals surface area contributed by atoms with Crippen molar-refractivity contribution in [2.75, 3.05) is 33.9 Å². The van der Waals surface area contributed by atoms with E-state index in [9.17, 15) is 0 Å². The van der Waals surface area contributed by atoms with E-state index in [0.717, 1.165) is 56.3 Å². The van der Waals surface area contributed by atoms with Gasteiger partial charge in [-0.25, -0.2) is 0 Å². The van der Waals surface area contributed by atoms with E-state index in [0.29, 0.717) is 6.54 Å². The SMILES string of the molecule is CN=C(NCc1nnc2n1CCCCC2)N(C)CCOCC1CC1. The summed E-state index contributed by atoms with van der Waals surface area (Å²) in [6.07, 6.45) is 7.42. The fraction of sp³-hybridized carbons (Fsp3) is 0.824. The van der Waals surface area contributed by atoms with Crippen LogP contribution in [-0.4, -0.2) is 59.5 Å². The lowest BCUT2D eigenvalue weighted by atomic mass is 10.2. The van der Waals surface area contributed by atoms with Crippen molar-refractivity contribution < 1.29 is 4.74 Å². The van der Waals surface area contributed by atoms with Crippen LogP contribution in [0.5, 0.6) is 0 Å². The number of aryl methyl sites for hydroxylation is 1. The van der Waals surface area contributed by atoms with Gasteiger partial charge in [0.2, 0.25) is 0 Å². The van der Waals surface area contributed by atoms with Gasteiger partial charge in [-0.1, -0.05) is 6.42 Å². The van der Waals surface area contributed by atoms with Gasteiger partial charge in [0.25, 0.3) is 0 Å². The molecule has 1 N–H and O–H groups in total. The Morgan fingerprint density at radius 2 is 2.21 bits per heavy atom. The van der Waals surface area contributed by atoms with E-state index in [2.05, 4.69) is 30.0 Å². The minimum Gasteiger partial charge on any atom is -0.379 e. The quantitative estimate of drug-likeness (QED) is 0.464. The van der Waals surface area contributed by atoms with Crippen LogP contribution >= 0.6 is 0 Å². The lowest BCUT2D eigenvalue weighted by Gasteiger charge is -2.22. The van der Waals surface area contributed by atoms with E-state index in [4.69, 9.17) is 4.74 Å². The molecule has 2 heterocycles. The molecule has 0 saturated heterocycles. The molecular formula is C17H30N6O. The lowest BCUT2D eigenvalue weighted by Crippen LogP contribution is -2.40. The number of nitrogens with zero attached hydrogens (tertiary/aromatic N) is 5. The Hall–Kier alpha value is -1.63. The molecule has 1 aliphatic heterocycles. The number of guanidine groups is 1. The second-order valence-corrected chi connectivity index (χ2v) is 6.84. The summed E-state index contributed by atoms with van der Waals surface area (Å²) in [4.78, 5) is 6.47. The lowest BCUT2D eigenvalue weighted by molar-refractivity contribution is 0.115. The highest BCUT2D eigenvalue weighted by Crippen LogP contribution is 2.28. The van der Waals surface area contributed by atoms with Crippen molar-refractivity contribution in [1.29, 1.82) is 0 Å². The maximum atomic E-state index is 5.71. The number of likely N-dealkylation sites (N-methyl/N-ethyl adjacent to an activating group) is 1. The Balaban J connectivity index is 1.45. The number of hydrogen-bond donors (Lipinski definition) is 1. The molecule has 0 amide bonds. The van der Waals surface area contributed by atoms with Crippen molar-refractivity contribution >= 4 is 5.96 Å². The molecule has 1 aliphatic carbocycles. The summed E-state index contributed by atoms with van der Waals surface area (Å²) < 4.78 is 7.98. The number of aliphatic imine (C=N–C) groups is 1. The van der Waals surface area contributed by atoms with Gasteiger partial charge in [-0.3, -0.25) is 4.99 Å². The number of fused-ring (bicyclic) bond motifs is 1. The number of nitrogens with one attached hydrogen (secondary N) is 1. The molecule has 0 spiro atoms. The summed E-state index contributed by atoms with van der Waals surface area (Å²) in [6.45, 7) is 4.18. The molecule has 134 valence electrons. The Bertz CT molecular complexity index is 551. The third kappa shape index (κ3) is 4.69. The van der Waals surface area contributed by atoms with E-state index in [-0.39, 0.29) is 0 Å². The first-order chi connectivity index (χ1) is 11.8. The zero-order valence-corrected chi connectivity index (χ0v) is 15.0. The van der Waals surface area contributed by atoms with Crippen LogP contribution in [-0.2, 0) is 24.2 Å². The average Bonchev–Trinajstić information content (AvgIpc) is 3.38. The molecule has 0 unspecified atom stereocenters. The van der Waals surface area contributed by atoms with Crippen LogP contribution in [0.4, 0.5) is 0 Å². The summed E-state index contributed by atoms with van der Waals surface area (Å²) in [6, 6.07) is 0. The molecule has 3 rings (SSSR count). The molecule has 7 nitrogen and oxygen atoms in total. The molecule has 1 saturated carbocycles. The number of ether oxygens (including phenoxy) is 1. The van der Waals surface area contributed by atoms with Gasteiger partial charge in [0.1, 0.15) is 5.82 Å². The second-order valence-electron chi connectivity index (χ2n) is 6.84. The monoisotopic (exact) mass is 334 g/mol. The highest BCUT2D eigenvalue weighted by molar-refractivity contribution is 5.79. The van der Waals surface area contributed by atoms with Gasteiger partial charge in [-0.2, -0.15) is 0 Å². The molecule has 24 heavy (non-hydrogen) atoms. The predicted molar refractivity (Wildman–Crippen MR) is 93.9 cm³/mol. The molecule has 0 radical (unpaired) electrons. The third-order valence-electron chi connectivity index (χ3n) is 4.79. The highest BCUT2D eigenvalue weighted by Gasteiger charge is 2.21. The number of aromatic nitrogens is 3. The van der Waals surface area contributed by atoms with Crippen molar-refractivity contribution in [3.05, 3.63) is 11.6 Å². The van der Waals surface area contributed by atoms with E-state index in [1.165, 1.54) is 32.1 Å². The summed E-state index contributed by atoms with van der Waals surface area (Å²) in [5.41, 5.74) is 0. The Morgan fingerprint density at radius 1 is 1.33 bits per heavy atom. The molecule has 1 aromatic heterocycles. The van der Waals surface area contributed by atoms with E-state index in [1.807, 2.05) is 14.1 Å². The van der Waals surface area contributed by atoms with Crippen LogP contribution < -0.4 is 5.32 Å². The molecular weight excluding hydrogens is 304 g/mol. The first kappa shape index (κ1) is 17.2. The molecule has 2 aliphatic rings. The van der Waals surface area contributed by atoms with Crippen LogP contribution in [0, 0.1) is 5.92 Å². The van der Waals surface area contributed by atoms with Crippen LogP contribution in [0.3, 0.4) is 0 Å². The first-order valence-corrected chi connectivity index (χ1v) is 9.18. The summed E-state index contributed by atoms with van der Waals surface area (Å²) in [5, 5.41) is 12.1. The van der Waals surface area contributed by atoms with E-state index >= 15 is 0 Å². The van der Waals surface area contributed by atoms with Crippen LogP contribution in [0.2, 0.25) is 0 Å². The molecule has 0 bridgehead atoms. The minimum absolute atomic E-state index is 0.660. The maximum Gasteiger partial charge on any atom is 0.193 e. The van der Waals surface area contributed by atoms with Crippen LogP contribution in [0.15, 0.2) is 4.99 Å². The normalized spacial score (nSPS) is 18.2. The summed E-state index contributed by atoms with van der Waals surface area (Å²) in [5.74, 6) is 3.82. The number of hydrogen-bond acceptors (Lipinski definition) is 4. The van der Waals surface area contributed by atoms with Gasteiger partial charge in [0, 0.05) is 40.2 Å². The van der Waals surface area contributed by atoms with Crippen LogP contribution in [0.1, 0.15) is 43.8 Å². The fourth-order valence-electron chi connectivity index (χ4n) is 3.06. The molecule has 7 heteroatoms. The zero-order valence-electron chi connectivity index (χ0n) is 15.0. The summed E-state index contributed by atoms with van der Waals surface area (Å²) >= 11 is 0. The summed E-state index contributed by atoms with van der Waals surface area (Å²) in [7, 11) is 3.86. The average molecular weight is 334 g/mol. The smallest absolute Gasteiger partial charge is 0.193 e. The van der Waals surface area contributed by atoms with Crippen molar-refractivity contribution in [1.82, 2.24) is 25.0 Å². The Kier molecular flexibility index (Phi) is 6.07. The van der Waals surface area contributed by atoms with Gasteiger partial charge < -0.3 is 19.5 Å². The van der Waals surface area contributed by atoms with Gasteiger partial charge in [0.05, 0.1) is 13.2 Å². The van der Waals surface area contributed by atoms with Gasteiger partial charge in [-0.15, -0.1) is 10.2 Å². The van der Waals surface area contributed by atoms with E-state index in [1.54, 1.807) is 0 Å². The maximum absolute atomic E-state index is 5.71. The largest absolute Gasteiger partial charge is 0.379 e. The first-order valence-electron chi connectivity index (χ1n) is 9.18. The minimum atomic E-state index is 0.660. The topological polar surface area (TPSA) is 67.6 Å². The zero-order chi connectivity index (χ0) is 16.8. The van der Waals surface area contributed by atoms with Crippen molar-refractivity contribution in [3.63, 3.8) is 0 Å². The number of rotatable bonds is 7. The van der Waals surface area contributed by atoms with E-state index < -0.39 is 0 Å². The Morgan fingerprint density at radius 3 is 3.00 bits per heavy atom. The van der Waals surface area contributed by atoms with Crippen molar-refractivity contribution in [2.45, 2.75) is 51.6 Å².